The Balaban J connectivity index is 2.32. The fraction of sp³-hybridized carbons (Fsp3) is 0.375. The van der Waals surface area contributed by atoms with E-state index in [1.54, 1.807) is 12.3 Å². The molecule has 0 aliphatic carbocycles. The van der Waals surface area contributed by atoms with Crippen molar-refractivity contribution in [2.45, 2.75) is 26.8 Å². The molecule has 1 aromatic heterocycles. The number of carbonyl (C=O) groups excluding carboxylic acids is 1. The van der Waals surface area contributed by atoms with Gasteiger partial charge in [-0.25, -0.2) is 0 Å². The molecule has 0 fully saturated rings. The Bertz CT molecular complexity index is 611. The van der Waals surface area contributed by atoms with Crippen LogP contribution in [0.2, 0.25) is 0 Å². The van der Waals surface area contributed by atoms with Crippen molar-refractivity contribution in [2.75, 3.05) is 6.54 Å². The predicted molar refractivity (Wildman–Crippen MR) is 81.5 cm³/mol. The summed E-state index contributed by atoms with van der Waals surface area (Å²) in [6.45, 7) is 6.60. The van der Waals surface area contributed by atoms with Gasteiger partial charge in [0.05, 0.1) is 11.1 Å². The number of hydrogen-bond donors (Lipinski definition) is 2. The average molecular weight is 271 g/mol. The van der Waals surface area contributed by atoms with Crippen molar-refractivity contribution in [1.29, 1.82) is 0 Å². The van der Waals surface area contributed by atoms with E-state index in [4.69, 9.17) is 5.73 Å². The lowest BCUT2D eigenvalue weighted by Crippen LogP contribution is -2.48. The molecule has 0 radical (unpaired) electrons. The second kappa shape index (κ2) is 5.59. The quantitative estimate of drug-likeness (QED) is 0.900. The van der Waals surface area contributed by atoms with Crippen molar-refractivity contribution >= 4 is 16.8 Å². The third-order valence-corrected chi connectivity index (χ3v) is 3.46. The van der Waals surface area contributed by atoms with Gasteiger partial charge >= 0.3 is 0 Å². The van der Waals surface area contributed by atoms with Gasteiger partial charge in [-0.1, -0.05) is 39.0 Å². The molecule has 1 heterocycles. The number of nitrogens with one attached hydrogen (secondary N) is 1. The highest BCUT2D eigenvalue weighted by atomic mass is 16.1. The van der Waals surface area contributed by atoms with E-state index >= 15 is 0 Å². The van der Waals surface area contributed by atoms with Gasteiger partial charge in [0, 0.05) is 24.2 Å². The summed E-state index contributed by atoms with van der Waals surface area (Å²) in [6.07, 6.45) is 1.70. The Hall–Kier alpha value is -1.94. The fourth-order valence-electron chi connectivity index (χ4n) is 2.15. The molecule has 1 atom stereocenters. The monoisotopic (exact) mass is 271 g/mol. The number of hydrogen-bond acceptors (Lipinski definition) is 3. The van der Waals surface area contributed by atoms with Gasteiger partial charge in [0.1, 0.15) is 0 Å². The summed E-state index contributed by atoms with van der Waals surface area (Å²) in [5, 5.41) is 3.97. The van der Waals surface area contributed by atoms with Gasteiger partial charge in [-0.05, 0) is 17.5 Å². The van der Waals surface area contributed by atoms with Crippen molar-refractivity contribution < 1.29 is 4.79 Å². The summed E-state index contributed by atoms with van der Waals surface area (Å²) in [5.74, 6) is -0.125. The summed E-state index contributed by atoms with van der Waals surface area (Å²) in [4.78, 5) is 16.8. The van der Waals surface area contributed by atoms with Crippen molar-refractivity contribution in [1.82, 2.24) is 10.3 Å². The highest BCUT2D eigenvalue weighted by Crippen LogP contribution is 2.20. The molecule has 106 valence electrons. The van der Waals surface area contributed by atoms with Crippen LogP contribution < -0.4 is 11.1 Å². The number of amides is 1. The molecule has 0 bridgehead atoms. The van der Waals surface area contributed by atoms with E-state index in [-0.39, 0.29) is 17.4 Å². The Labute approximate surface area is 119 Å². The molecule has 0 saturated carbocycles. The number of fused-ring (bicyclic) bond motifs is 1. The zero-order chi connectivity index (χ0) is 14.8. The van der Waals surface area contributed by atoms with E-state index in [0.717, 1.165) is 10.9 Å². The molecular formula is C16H21N3O. The third-order valence-electron chi connectivity index (χ3n) is 3.46. The second-order valence-electron chi connectivity index (χ2n) is 6.01. The van der Waals surface area contributed by atoms with Crippen LogP contribution in [0.1, 0.15) is 31.1 Å². The Kier molecular flexibility index (Phi) is 4.04. The maximum atomic E-state index is 12.5. The molecule has 0 saturated heterocycles. The zero-order valence-corrected chi connectivity index (χ0v) is 12.2. The molecule has 4 nitrogen and oxygen atoms in total. The van der Waals surface area contributed by atoms with Crippen molar-refractivity contribution in [2.24, 2.45) is 11.1 Å². The molecule has 3 N–H and O–H groups in total. The normalized spacial score (nSPS) is 13.2. The average Bonchev–Trinajstić information content (AvgIpc) is 2.42. The predicted octanol–water partition coefficient (Wildman–Crippen LogP) is 2.34. The molecule has 0 aliphatic rings. The van der Waals surface area contributed by atoms with Crippen LogP contribution in [0.5, 0.6) is 0 Å². The van der Waals surface area contributed by atoms with Crippen LogP contribution >= 0.6 is 0 Å². The van der Waals surface area contributed by atoms with E-state index in [1.807, 2.05) is 24.3 Å². The molecule has 20 heavy (non-hydrogen) atoms. The van der Waals surface area contributed by atoms with Crippen molar-refractivity contribution in [3.05, 3.63) is 42.1 Å². The lowest BCUT2D eigenvalue weighted by atomic mass is 9.86. The summed E-state index contributed by atoms with van der Waals surface area (Å²) < 4.78 is 0. The number of pyridine rings is 1. The summed E-state index contributed by atoms with van der Waals surface area (Å²) in [5.41, 5.74) is 6.99. The number of carbonyl (C=O) groups is 1. The van der Waals surface area contributed by atoms with Crippen LogP contribution in [0.25, 0.3) is 10.9 Å². The third kappa shape index (κ3) is 2.96. The lowest BCUT2D eigenvalue weighted by molar-refractivity contribution is 0.0907. The molecular weight excluding hydrogens is 250 g/mol. The highest BCUT2D eigenvalue weighted by molar-refractivity contribution is 6.05. The fourth-order valence-corrected chi connectivity index (χ4v) is 2.15. The first kappa shape index (κ1) is 14.5. The van der Waals surface area contributed by atoms with Gasteiger partial charge in [0.15, 0.2) is 0 Å². The van der Waals surface area contributed by atoms with Gasteiger partial charge < -0.3 is 11.1 Å². The molecule has 4 heteroatoms. The van der Waals surface area contributed by atoms with Crippen LogP contribution in [0.4, 0.5) is 0 Å². The molecule has 2 aromatic rings. The number of aromatic nitrogens is 1. The van der Waals surface area contributed by atoms with Gasteiger partial charge in [0.25, 0.3) is 5.91 Å². The van der Waals surface area contributed by atoms with Crippen LogP contribution in [-0.2, 0) is 0 Å². The molecule has 2 rings (SSSR count). The molecule has 1 aromatic carbocycles. The summed E-state index contributed by atoms with van der Waals surface area (Å²) in [7, 11) is 0. The maximum absolute atomic E-state index is 12.5. The minimum absolute atomic E-state index is 0.0750. The number of rotatable bonds is 3. The highest BCUT2D eigenvalue weighted by Gasteiger charge is 2.25. The van der Waals surface area contributed by atoms with Crippen LogP contribution in [0, 0.1) is 5.41 Å². The SMILES string of the molecule is CC(C)(C)C(CN)NC(=O)c1cccc2cccnc12. The molecule has 1 unspecified atom stereocenters. The Morgan fingerprint density at radius 3 is 2.65 bits per heavy atom. The van der Waals surface area contributed by atoms with Crippen LogP contribution in [-0.4, -0.2) is 23.5 Å². The standard InChI is InChI=1S/C16H21N3O/c1-16(2,3)13(10-17)19-15(20)12-8-4-6-11-7-5-9-18-14(11)12/h4-9,13H,10,17H2,1-3H3,(H,19,20). The first-order valence-electron chi connectivity index (χ1n) is 6.78. The van der Waals surface area contributed by atoms with Crippen molar-refractivity contribution in [3.63, 3.8) is 0 Å². The van der Waals surface area contributed by atoms with E-state index in [9.17, 15) is 4.79 Å². The van der Waals surface area contributed by atoms with Gasteiger partial charge in [-0.2, -0.15) is 0 Å². The topological polar surface area (TPSA) is 68.0 Å². The van der Waals surface area contributed by atoms with Gasteiger partial charge in [-0.15, -0.1) is 0 Å². The number of nitrogens with zero attached hydrogens (tertiary/aromatic N) is 1. The minimum atomic E-state index is -0.125. The first-order valence-corrected chi connectivity index (χ1v) is 6.78. The number of benzene rings is 1. The molecule has 0 aliphatic heterocycles. The van der Waals surface area contributed by atoms with Crippen LogP contribution in [0.3, 0.4) is 0 Å². The Morgan fingerprint density at radius 1 is 1.30 bits per heavy atom. The number of nitrogens with two attached hydrogens (primary N) is 1. The first-order chi connectivity index (χ1) is 9.43. The smallest absolute Gasteiger partial charge is 0.253 e. The van der Waals surface area contributed by atoms with Gasteiger partial charge in [0.2, 0.25) is 0 Å². The second-order valence-corrected chi connectivity index (χ2v) is 6.01. The Morgan fingerprint density at radius 2 is 2.00 bits per heavy atom. The van der Waals surface area contributed by atoms with E-state index in [1.165, 1.54) is 0 Å². The van der Waals surface area contributed by atoms with Gasteiger partial charge in [-0.3, -0.25) is 9.78 Å². The summed E-state index contributed by atoms with van der Waals surface area (Å²) >= 11 is 0. The molecule has 1 amide bonds. The van der Waals surface area contributed by atoms with E-state index < -0.39 is 0 Å². The minimum Gasteiger partial charge on any atom is -0.347 e. The summed E-state index contributed by atoms with van der Waals surface area (Å²) in [6, 6.07) is 9.34. The molecule has 0 spiro atoms. The zero-order valence-electron chi connectivity index (χ0n) is 12.2. The van der Waals surface area contributed by atoms with Crippen LogP contribution in [0.15, 0.2) is 36.5 Å². The number of para-hydroxylation sites is 1. The van der Waals surface area contributed by atoms with E-state index in [2.05, 4.69) is 31.1 Å². The largest absolute Gasteiger partial charge is 0.347 e. The maximum Gasteiger partial charge on any atom is 0.253 e. The lowest BCUT2D eigenvalue weighted by Gasteiger charge is -2.30. The van der Waals surface area contributed by atoms with E-state index in [0.29, 0.717) is 12.1 Å². The van der Waals surface area contributed by atoms with Crippen molar-refractivity contribution in [3.8, 4) is 0 Å².